The van der Waals surface area contributed by atoms with E-state index in [0.29, 0.717) is 11.8 Å². The summed E-state index contributed by atoms with van der Waals surface area (Å²) in [5.41, 5.74) is -9.07. The van der Waals surface area contributed by atoms with Gasteiger partial charge in [0.2, 0.25) is 0 Å². The number of benzene rings is 2. The molecule has 0 aromatic heterocycles. The minimum absolute atomic E-state index is 0.212. The summed E-state index contributed by atoms with van der Waals surface area (Å²) in [7, 11) is -4.08. The first kappa shape index (κ1) is 31.4. The molecule has 0 aliphatic heterocycles. The molecule has 38 heavy (non-hydrogen) atoms. The summed E-state index contributed by atoms with van der Waals surface area (Å²) in [6.07, 6.45) is -10.1. The van der Waals surface area contributed by atoms with Crippen molar-refractivity contribution in [1.82, 2.24) is 5.32 Å². The van der Waals surface area contributed by atoms with Gasteiger partial charge < -0.3 is 10.6 Å². The molecule has 2 N–H and O–H groups in total. The van der Waals surface area contributed by atoms with Gasteiger partial charge in [-0.3, -0.25) is 9.59 Å². The second-order valence-electron chi connectivity index (χ2n) is 8.42. The van der Waals surface area contributed by atoms with Gasteiger partial charge in [-0.1, -0.05) is 18.2 Å². The van der Waals surface area contributed by atoms with Gasteiger partial charge in [-0.05, 0) is 43.9 Å². The number of alkyl halides is 7. The van der Waals surface area contributed by atoms with Gasteiger partial charge in [0, 0.05) is 29.3 Å². The fourth-order valence-corrected chi connectivity index (χ4v) is 5.03. The molecule has 0 bridgehead atoms. The smallest absolute Gasteiger partial charge is 0.349 e. The maximum absolute atomic E-state index is 14.4. The van der Waals surface area contributed by atoms with E-state index in [4.69, 9.17) is 0 Å². The van der Waals surface area contributed by atoms with Crippen LogP contribution in [-0.2, 0) is 15.5 Å². The molecule has 15 heteroatoms. The van der Waals surface area contributed by atoms with E-state index in [1.54, 1.807) is 13.2 Å². The second-order valence-corrected chi connectivity index (χ2v) is 11.3. The van der Waals surface area contributed by atoms with Crippen LogP contribution in [0.4, 0.5) is 36.4 Å². The van der Waals surface area contributed by atoms with Crippen LogP contribution in [0.15, 0.2) is 41.3 Å². The first-order chi connectivity index (χ1) is 17.3. The largest absolute Gasteiger partial charge is 0.435 e. The van der Waals surface area contributed by atoms with Crippen molar-refractivity contribution in [2.75, 3.05) is 23.6 Å². The molecule has 1 atom stereocenters. The molecular formula is C23H23F7N2O4S2. The minimum atomic E-state index is -6.33. The Kier molecular flexibility index (Phi) is 9.19. The summed E-state index contributed by atoms with van der Waals surface area (Å²) in [6.45, 7) is 2.69. The average molecular weight is 589 g/mol. The number of sulfone groups is 1. The SMILES string of the molecule is CSCC(C)NC(=O)c1cccc(S(C)(=O)=O)c1C(=O)Nc1ccc(C(F)(C(F)(F)F)C(F)(F)F)cc1C. The van der Waals surface area contributed by atoms with Crippen LogP contribution in [0.1, 0.15) is 38.8 Å². The van der Waals surface area contributed by atoms with Gasteiger partial charge in [-0.25, -0.2) is 12.8 Å². The molecule has 2 rings (SSSR count). The molecule has 6 nitrogen and oxygen atoms in total. The molecule has 0 fully saturated rings. The Balaban J connectivity index is 2.57. The van der Waals surface area contributed by atoms with Crippen LogP contribution in [-0.4, -0.2) is 56.9 Å². The topological polar surface area (TPSA) is 92.3 Å². The summed E-state index contributed by atoms with van der Waals surface area (Å²) in [5.74, 6) is -1.47. The molecule has 2 aromatic rings. The molecule has 2 amide bonds. The Labute approximate surface area is 218 Å². The molecule has 0 saturated heterocycles. The molecule has 0 aliphatic rings. The van der Waals surface area contributed by atoms with E-state index in [2.05, 4.69) is 10.6 Å². The number of carbonyl (C=O) groups excluding carboxylic acids is 2. The van der Waals surface area contributed by atoms with E-state index in [1.165, 1.54) is 23.9 Å². The van der Waals surface area contributed by atoms with E-state index in [9.17, 15) is 48.7 Å². The fourth-order valence-electron chi connectivity index (χ4n) is 3.55. The van der Waals surface area contributed by atoms with Gasteiger partial charge in [0.05, 0.1) is 16.0 Å². The van der Waals surface area contributed by atoms with Gasteiger partial charge in [0.1, 0.15) is 0 Å². The maximum atomic E-state index is 14.4. The first-order valence-corrected chi connectivity index (χ1v) is 13.9. The minimum Gasteiger partial charge on any atom is -0.349 e. The Bertz CT molecular complexity index is 1310. The van der Waals surface area contributed by atoms with Crippen LogP contribution in [0.5, 0.6) is 0 Å². The molecule has 2 aromatic carbocycles. The van der Waals surface area contributed by atoms with Crippen LogP contribution < -0.4 is 10.6 Å². The van der Waals surface area contributed by atoms with Gasteiger partial charge in [-0.15, -0.1) is 0 Å². The normalized spacial score (nSPS) is 13.7. The highest BCUT2D eigenvalue weighted by atomic mass is 32.2. The number of carbonyl (C=O) groups is 2. The standard InChI is InChI=1S/C23H23F7N2O4S2/c1-12-10-14(21(24,22(25,26)27)23(28,29)30)8-9-16(12)32-20(34)18-15(19(33)31-13(2)11-37-3)6-5-7-17(18)38(4,35)36/h5-10,13H,11H2,1-4H3,(H,31,33)(H,32,34). The quantitative estimate of drug-likeness (QED) is 0.402. The van der Waals surface area contributed by atoms with Crippen molar-refractivity contribution in [1.29, 1.82) is 0 Å². The van der Waals surface area contributed by atoms with Gasteiger partial charge in [-0.2, -0.15) is 38.1 Å². The molecule has 0 heterocycles. The lowest BCUT2D eigenvalue weighted by Crippen LogP contribution is -2.50. The predicted octanol–water partition coefficient (Wildman–Crippen LogP) is 5.42. The number of halogens is 7. The van der Waals surface area contributed by atoms with Crippen molar-refractivity contribution in [2.24, 2.45) is 0 Å². The van der Waals surface area contributed by atoms with Crippen LogP contribution in [0.2, 0.25) is 0 Å². The zero-order valence-electron chi connectivity index (χ0n) is 20.3. The van der Waals surface area contributed by atoms with E-state index < -0.39 is 55.7 Å². The molecule has 0 radical (unpaired) electrons. The number of anilines is 1. The summed E-state index contributed by atoms with van der Waals surface area (Å²) < 4.78 is 118. The van der Waals surface area contributed by atoms with Crippen LogP contribution in [0.25, 0.3) is 0 Å². The van der Waals surface area contributed by atoms with E-state index in [0.717, 1.165) is 19.2 Å². The number of thioether (sulfide) groups is 1. The van der Waals surface area contributed by atoms with Crippen molar-refractivity contribution in [3.8, 4) is 0 Å². The summed E-state index contributed by atoms with van der Waals surface area (Å²) >= 11 is 1.42. The van der Waals surface area contributed by atoms with Crippen molar-refractivity contribution >= 4 is 39.1 Å². The lowest BCUT2D eigenvalue weighted by molar-refractivity contribution is -0.348. The van der Waals surface area contributed by atoms with E-state index in [1.807, 2.05) is 0 Å². The third-order valence-electron chi connectivity index (χ3n) is 5.35. The Morgan fingerprint density at radius 2 is 1.55 bits per heavy atom. The van der Waals surface area contributed by atoms with Gasteiger partial charge >= 0.3 is 18.0 Å². The Morgan fingerprint density at radius 3 is 2.03 bits per heavy atom. The van der Waals surface area contributed by atoms with E-state index in [-0.39, 0.29) is 35.0 Å². The number of nitrogens with one attached hydrogen (secondary N) is 2. The zero-order chi connectivity index (χ0) is 29.3. The average Bonchev–Trinajstić information content (AvgIpc) is 2.77. The fraction of sp³-hybridized carbons (Fsp3) is 0.391. The molecule has 0 saturated carbocycles. The number of hydrogen-bond acceptors (Lipinski definition) is 5. The third-order valence-corrected chi connectivity index (χ3v) is 7.32. The summed E-state index contributed by atoms with van der Waals surface area (Å²) in [5, 5.41) is 4.81. The highest BCUT2D eigenvalue weighted by molar-refractivity contribution is 7.98. The van der Waals surface area contributed by atoms with E-state index >= 15 is 0 Å². The van der Waals surface area contributed by atoms with Gasteiger partial charge in [0.15, 0.2) is 9.84 Å². The number of amides is 2. The van der Waals surface area contributed by atoms with Crippen molar-refractivity contribution in [2.45, 2.75) is 42.8 Å². The van der Waals surface area contributed by atoms with Crippen molar-refractivity contribution < 1.29 is 48.7 Å². The number of aryl methyl sites for hydroxylation is 1. The molecular weight excluding hydrogens is 565 g/mol. The molecule has 210 valence electrons. The predicted molar refractivity (Wildman–Crippen MR) is 129 cm³/mol. The maximum Gasteiger partial charge on any atom is 0.435 e. The number of rotatable bonds is 8. The van der Waals surface area contributed by atoms with Crippen LogP contribution >= 0.6 is 11.8 Å². The van der Waals surface area contributed by atoms with Crippen molar-refractivity contribution in [3.63, 3.8) is 0 Å². The zero-order valence-corrected chi connectivity index (χ0v) is 22.0. The Hall–Kier alpha value is -2.81. The third kappa shape index (κ3) is 6.42. The summed E-state index contributed by atoms with van der Waals surface area (Å²) in [4.78, 5) is 25.5. The summed E-state index contributed by atoms with van der Waals surface area (Å²) in [6, 6.07) is 4.22. The molecule has 0 aliphatic carbocycles. The Morgan fingerprint density at radius 1 is 0.974 bits per heavy atom. The lowest BCUT2D eigenvalue weighted by Gasteiger charge is -2.30. The first-order valence-electron chi connectivity index (χ1n) is 10.6. The number of hydrogen-bond donors (Lipinski definition) is 2. The molecule has 1 unspecified atom stereocenters. The lowest BCUT2D eigenvalue weighted by atomic mass is 9.92. The van der Waals surface area contributed by atoms with Crippen LogP contribution in [0.3, 0.4) is 0 Å². The van der Waals surface area contributed by atoms with Crippen molar-refractivity contribution in [3.05, 3.63) is 58.7 Å². The second kappa shape index (κ2) is 11.1. The highest BCUT2D eigenvalue weighted by Gasteiger charge is 2.73. The monoisotopic (exact) mass is 588 g/mol. The van der Waals surface area contributed by atoms with Gasteiger partial charge in [0.25, 0.3) is 11.8 Å². The highest BCUT2D eigenvalue weighted by Crippen LogP contribution is 2.53. The van der Waals surface area contributed by atoms with Crippen LogP contribution in [0, 0.1) is 6.92 Å². The molecule has 0 spiro atoms.